The van der Waals surface area contributed by atoms with Crippen LogP contribution in [0.1, 0.15) is 24.1 Å². The van der Waals surface area contributed by atoms with E-state index in [1.165, 1.54) is 5.56 Å². The lowest BCUT2D eigenvalue weighted by atomic mass is 9.84. The third kappa shape index (κ3) is 5.33. The highest BCUT2D eigenvalue weighted by atomic mass is 16.5. The molecule has 7 nitrogen and oxygen atoms in total. The van der Waals surface area contributed by atoms with Gasteiger partial charge in [0.15, 0.2) is 5.96 Å². The van der Waals surface area contributed by atoms with Gasteiger partial charge in [-0.2, -0.15) is 0 Å². The molecule has 2 heterocycles. The number of ether oxygens (including phenoxy) is 1. The van der Waals surface area contributed by atoms with Crippen LogP contribution in [0.4, 0.5) is 0 Å². The van der Waals surface area contributed by atoms with Gasteiger partial charge in [0.1, 0.15) is 6.26 Å². The lowest BCUT2D eigenvalue weighted by Gasteiger charge is -2.27. The summed E-state index contributed by atoms with van der Waals surface area (Å²) in [5.41, 5.74) is 3.08. The monoisotopic (exact) mass is 386 g/mol. The van der Waals surface area contributed by atoms with Crippen LogP contribution in [-0.2, 0) is 11.2 Å². The molecule has 2 aromatic rings. The van der Waals surface area contributed by atoms with Crippen LogP contribution in [0, 0.1) is 12.3 Å². The van der Waals surface area contributed by atoms with Crippen LogP contribution < -0.4 is 10.6 Å². The molecule has 1 atom stereocenters. The predicted molar refractivity (Wildman–Crippen MR) is 109 cm³/mol. The van der Waals surface area contributed by atoms with Gasteiger partial charge in [-0.05, 0) is 31.9 Å². The molecule has 3 rings (SSSR count). The molecule has 0 bridgehead atoms. The van der Waals surface area contributed by atoms with E-state index in [-0.39, 0.29) is 12.0 Å². The molecule has 0 radical (unpaired) electrons. The molecular formula is C21H30N4O3. The van der Waals surface area contributed by atoms with Gasteiger partial charge in [-0.1, -0.05) is 17.7 Å². The molecule has 152 valence electrons. The minimum absolute atomic E-state index is 0.0125. The highest BCUT2D eigenvalue weighted by molar-refractivity contribution is 5.79. The Labute approximate surface area is 166 Å². The molecule has 28 heavy (non-hydrogen) atoms. The average molecular weight is 386 g/mol. The number of rotatable bonds is 8. The van der Waals surface area contributed by atoms with Crippen molar-refractivity contribution in [3.63, 3.8) is 0 Å². The number of oxazole rings is 1. The molecule has 1 saturated heterocycles. The summed E-state index contributed by atoms with van der Waals surface area (Å²) >= 11 is 0. The van der Waals surface area contributed by atoms with Gasteiger partial charge in [-0.3, -0.25) is 4.99 Å². The van der Waals surface area contributed by atoms with Gasteiger partial charge < -0.3 is 24.9 Å². The van der Waals surface area contributed by atoms with E-state index in [4.69, 9.17) is 9.15 Å². The smallest absolute Gasteiger partial charge is 0.226 e. The molecular weight excluding hydrogens is 356 g/mol. The van der Waals surface area contributed by atoms with E-state index >= 15 is 0 Å². The lowest BCUT2D eigenvalue weighted by Crippen LogP contribution is -2.45. The SMILES string of the molecule is CN=C(NCCc1coc(-c2ccc(C)cc2)n1)NCC1(CCO)CCOC1. The number of aliphatic imine (C=N–C) groups is 1. The van der Waals surface area contributed by atoms with Crippen molar-refractivity contribution in [2.45, 2.75) is 26.2 Å². The van der Waals surface area contributed by atoms with Crippen molar-refractivity contribution < 1.29 is 14.3 Å². The maximum absolute atomic E-state index is 9.33. The van der Waals surface area contributed by atoms with Crippen molar-refractivity contribution in [1.82, 2.24) is 15.6 Å². The number of nitrogens with one attached hydrogen (secondary N) is 2. The fourth-order valence-electron chi connectivity index (χ4n) is 3.36. The Kier molecular flexibility index (Phi) is 7.06. The maximum Gasteiger partial charge on any atom is 0.226 e. The van der Waals surface area contributed by atoms with Gasteiger partial charge in [0.05, 0.1) is 12.3 Å². The third-order valence-electron chi connectivity index (χ3n) is 5.21. The van der Waals surface area contributed by atoms with Crippen LogP contribution in [0.15, 0.2) is 39.9 Å². The van der Waals surface area contributed by atoms with Gasteiger partial charge in [0.2, 0.25) is 5.89 Å². The molecule has 0 amide bonds. The fraction of sp³-hybridized carbons (Fsp3) is 0.524. The van der Waals surface area contributed by atoms with E-state index in [1.807, 2.05) is 12.1 Å². The number of guanidine groups is 1. The summed E-state index contributed by atoms with van der Waals surface area (Å²) in [6.45, 7) is 5.09. The summed E-state index contributed by atoms with van der Waals surface area (Å²) in [6, 6.07) is 8.14. The minimum atomic E-state index is -0.0125. The molecule has 1 aromatic heterocycles. The van der Waals surface area contributed by atoms with E-state index in [0.29, 0.717) is 19.0 Å². The second-order valence-corrected chi connectivity index (χ2v) is 7.39. The lowest BCUT2D eigenvalue weighted by molar-refractivity contribution is 0.127. The van der Waals surface area contributed by atoms with E-state index in [2.05, 4.69) is 39.7 Å². The minimum Gasteiger partial charge on any atom is -0.444 e. The third-order valence-corrected chi connectivity index (χ3v) is 5.21. The largest absolute Gasteiger partial charge is 0.444 e. The Morgan fingerprint density at radius 2 is 2.11 bits per heavy atom. The summed E-state index contributed by atoms with van der Waals surface area (Å²) in [6.07, 6.45) is 4.14. The summed E-state index contributed by atoms with van der Waals surface area (Å²) < 4.78 is 11.1. The zero-order chi connectivity index (χ0) is 19.8. The molecule has 1 fully saturated rings. The molecule has 1 aliphatic rings. The number of nitrogens with zero attached hydrogens (tertiary/aromatic N) is 2. The van der Waals surface area contributed by atoms with Crippen LogP contribution >= 0.6 is 0 Å². The first-order chi connectivity index (χ1) is 13.6. The van der Waals surface area contributed by atoms with E-state index in [0.717, 1.165) is 49.6 Å². The fourth-order valence-corrected chi connectivity index (χ4v) is 3.36. The molecule has 0 aliphatic carbocycles. The topological polar surface area (TPSA) is 91.9 Å². The zero-order valence-electron chi connectivity index (χ0n) is 16.7. The first-order valence-electron chi connectivity index (χ1n) is 9.79. The summed E-state index contributed by atoms with van der Waals surface area (Å²) in [7, 11) is 1.75. The highest BCUT2D eigenvalue weighted by Gasteiger charge is 2.34. The first-order valence-corrected chi connectivity index (χ1v) is 9.79. The van der Waals surface area contributed by atoms with Gasteiger partial charge in [0, 0.05) is 50.8 Å². The van der Waals surface area contributed by atoms with E-state index in [1.54, 1.807) is 13.3 Å². The van der Waals surface area contributed by atoms with Crippen molar-refractivity contribution in [3.05, 3.63) is 41.8 Å². The number of hydrogen-bond donors (Lipinski definition) is 3. The Balaban J connectivity index is 1.46. The quantitative estimate of drug-likeness (QED) is 0.476. The summed E-state index contributed by atoms with van der Waals surface area (Å²) in [5.74, 6) is 1.39. The molecule has 0 spiro atoms. The Bertz CT molecular complexity index is 764. The molecule has 1 aliphatic heterocycles. The number of aryl methyl sites for hydroxylation is 1. The average Bonchev–Trinajstić information content (AvgIpc) is 3.36. The van der Waals surface area contributed by atoms with Gasteiger partial charge >= 0.3 is 0 Å². The molecule has 1 aromatic carbocycles. The van der Waals surface area contributed by atoms with Crippen molar-refractivity contribution in [2.24, 2.45) is 10.4 Å². The van der Waals surface area contributed by atoms with Gasteiger partial charge in [0.25, 0.3) is 0 Å². The van der Waals surface area contributed by atoms with Crippen molar-refractivity contribution >= 4 is 5.96 Å². The normalized spacial score (nSPS) is 19.8. The van der Waals surface area contributed by atoms with Crippen LogP contribution in [0.25, 0.3) is 11.5 Å². The van der Waals surface area contributed by atoms with Gasteiger partial charge in [-0.25, -0.2) is 4.98 Å². The van der Waals surface area contributed by atoms with Crippen LogP contribution in [0.2, 0.25) is 0 Å². The highest BCUT2D eigenvalue weighted by Crippen LogP contribution is 2.31. The number of hydrogen-bond acceptors (Lipinski definition) is 5. The summed E-state index contributed by atoms with van der Waals surface area (Å²) in [4.78, 5) is 8.85. The van der Waals surface area contributed by atoms with E-state index < -0.39 is 0 Å². The molecule has 3 N–H and O–H groups in total. The van der Waals surface area contributed by atoms with Crippen molar-refractivity contribution in [3.8, 4) is 11.5 Å². The number of benzene rings is 1. The second kappa shape index (κ2) is 9.71. The Hall–Kier alpha value is -2.38. The van der Waals surface area contributed by atoms with Crippen LogP contribution in [0.3, 0.4) is 0 Å². The van der Waals surface area contributed by atoms with Crippen molar-refractivity contribution in [1.29, 1.82) is 0 Å². The molecule has 7 heteroatoms. The number of aliphatic hydroxyl groups excluding tert-OH is 1. The maximum atomic E-state index is 9.33. The predicted octanol–water partition coefficient (Wildman–Crippen LogP) is 2.15. The number of aliphatic hydroxyl groups is 1. The Morgan fingerprint density at radius 3 is 2.79 bits per heavy atom. The standard InChI is InChI=1S/C21H30N4O3/c1-16-3-5-17(6-4-16)19-25-18(13-28-19)7-10-23-20(22-2)24-14-21(8-11-26)9-12-27-15-21/h3-6,13,26H,7-12,14-15H2,1-2H3,(H2,22,23,24). The summed E-state index contributed by atoms with van der Waals surface area (Å²) in [5, 5.41) is 16.0. The van der Waals surface area contributed by atoms with E-state index in [9.17, 15) is 5.11 Å². The first kappa shape index (κ1) is 20.4. The molecule has 0 saturated carbocycles. The zero-order valence-corrected chi connectivity index (χ0v) is 16.7. The van der Waals surface area contributed by atoms with Crippen molar-refractivity contribution in [2.75, 3.05) is 40.0 Å². The van der Waals surface area contributed by atoms with Crippen LogP contribution in [-0.4, -0.2) is 56.0 Å². The Morgan fingerprint density at radius 1 is 1.29 bits per heavy atom. The van der Waals surface area contributed by atoms with Crippen LogP contribution in [0.5, 0.6) is 0 Å². The van der Waals surface area contributed by atoms with Gasteiger partial charge in [-0.15, -0.1) is 0 Å². The second-order valence-electron chi connectivity index (χ2n) is 7.39. The number of aromatic nitrogens is 1. The molecule has 1 unspecified atom stereocenters.